The summed E-state index contributed by atoms with van der Waals surface area (Å²) in [6, 6.07) is 8.26. The molecule has 2 heterocycles. The summed E-state index contributed by atoms with van der Waals surface area (Å²) >= 11 is 0. The van der Waals surface area contributed by atoms with E-state index in [-0.39, 0.29) is 12.1 Å². The van der Waals surface area contributed by atoms with E-state index in [0.717, 1.165) is 17.7 Å². The molecule has 1 N–H and O–H groups in total. The van der Waals surface area contributed by atoms with Gasteiger partial charge < -0.3 is 9.67 Å². The summed E-state index contributed by atoms with van der Waals surface area (Å²) in [5.41, 5.74) is 0.240. The number of aliphatic hydroxyl groups excluding tert-OH is 1. The van der Waals surface area contributed by atoms with Crippen LogP contribution in [0.1, 0.15) is 17.2 Å². The number of benzene rings is 1. The molecule has 3 rings (SSSR count). The van der Waals surface area contributed by atoms with Crippen LogP contribution in [0.2, 0.25) is 0 Å². The van der Waals surface area contributed by atoms with E-state index in [4.69, 9.17) is 0 Å². The molecular formula is C17H14F3N3O. The van der Waals surface area contributed by atoms with Crippen molar-refractivity contribution >= 4 is 0 Å². The molecule has 0 spiro atoms. The lowest BCUT2D eigenvalue weighted by molar-refractivity contribution is -0.137. The zero-order chi connectivity index (χ0) is 17.2. The Morgan fingerprint density at radius 1 is 1.08 bits per heavy atom. The quantitative estimate of drug-likeness (QED) is 0.792. The third-order valence-corrected chi connectivity index (χ3v) is 3.62. The van der Waals surface area contributed by atoms with E-state index in [0.29, 0.717) is 5.82 Å². The fraction of sp³-hybridized carbons (Fsp3) is 0.176. The van der Waals surface area contributed by atoms with Gasteiger partial charge in [-0.1, -0.05) is 12.1 Å². The number of aromatic nitrogens is 3. The molecule has 0 radical (unpaired) electrons. The van der Waals surface area contributed by atoms with E-state index >= 15 is 0 Å². The number of pyridine rings is 1. The Morgan fingerprint density at radius 3 is 2.54 bits per heavy atom. The van der Waals surface area contributed by atoms with Crippen LogP contribution < -0.4 is 0 Å². The zero-order valence-electron chi connectivity index (χ0n) is 12.5. The fourth-order valence-electron chi connectivity index (χ4n) is 2.43. The highest BCUT2D eigenvalue weighted by atomic mass is 19.4. The van der Waals surface area contributed by atoms with Gasteiger partial charge in [-0.2, -0.15) is 13.2 Å². The summed E-state index contributed by atoms with van der Waals surface area (Å²) in [4.78, 5) is 8.17. The van der Waals surface area contributed by atoms with E-state index < -0.39 is 17.8 Å². The Morgan fingerprint density at radius 2 is 1.83 bits per heavy atom. The van der Waals surface area contributed by atoms with E-state index in [1.54, 1.807) is 41.5 Å². The van der Waals surface area contributed by atoms with Crippen LogP contribution in [0.15, 0.2) is 61.2 Å². The number of hydrogen-bond acceptors (Lipinski definition) is 3. The monoisotopic (exact) mass is 333 g/mol. The van der Waals surface area contributed by atoms with E-state index in [2.05, 4.69) is 9.97 Å². The van der Waals surface area contributed by atoms with Crippen molar-refractivity contribution in [1.82, 2.24) is 14.5 Å². The smallest absolute Gasteiger partial charge is 0.387 e. The summed E-state index contributed by atoms with van der Waals surface area (Å²) in [5, 5.41) is 10.3. The maximum Gasteiger partial charge on any atom is 0.416 e. The van der Waals surface area contributed by atoms with Crippen LogP contribution in [-0.4, -0.2) is 19.6 Å². The standard InChI is InChI=1S/C17H14F3N3O/c18-17(19,20)14-3-1-2-13(10-14)15(24)11-23-9-8-22-16(23)12-4-6-21-7-5-12/h1-10,15,24H,11H2/t15-/m1/s1. The summed E-state index contributed by atoms with van der Waals surface area (Å²) in [5.74, 6) is 0.614. The lowest BCUT2D eigenvalue weighted by Crippen LogP contribution is -2.11. The van der Waals surface area contributed by atoms with Crippen molar-refractivity contribution in [1.29, 1.82) is 0 Å². The molecular weight excluding hydrogens is 319 g/mol. The Labute approximate surface area is 136 Å². The first-order valence-electron chi connectivity index (χ1n) is 7.22. The molecule has 0 unspecified atom stereocenters. The molecule has 0 saturated carbocycles. The number of alkyl halides is 3. The van der Waals surface area contributed by atoms with Crippen molar-refractivity contribution in [2.24, 2.45) is 0 Å². The molecule has 4 nitrogen and oxygen atoms in total. The molecule has 0 bridgehead atoms. The van der Waals surface area contributed by atoms with Gasteiger partial charge in [0, 0.05) is 30.4 Å². The van der Waals surface area contributed by atoms with Crippen molar-refractivity contribution in [3.63, 3.8) is 0 Å². The molecule has 0 aliphatic heterocycles. The van der Waals surface area contributed by atoms with Gasteiger partial charge in [-0.3, -0.25) is 4.98 Å². The lowest BCUT2D eigenvalue weighted by Gasteiger charge is -2.16. The van der Waals surface area contributed by atoms with E-state index in [1.165, 1.54) is 12.1 Å². The number of nitrogens with zero attached hydrogens (tertiary/aromatic N) is 3. The predicted octanol–water partition coefficient (Wildman–Crippen LogP) is 3.70. The second kappa shape index (κ2) is 6.45. The zero-order valence-corrected chi connectivity index (χ0v) is 12.5. The minimum absolute atomic E-state index is 0.0962. The van der Waals surface area contributed by atoms with Crippen LogP contribution in [0.5, 0.6) is 0 Å². The van der Waals surface area contributed by atoms with Crippen molar-refractivity contribution < 1.29 is 18.3 Å². The number of rotatable bonds is 4. The largest absolute Gasteiger partial charge is 0.416 e. The number of imidazole rings is 1. The first-order chi connectivity index (χ1) is 11.4. The van der Waals surface area contributed by atoms with Crippen LogP contribution in [0.3, 0.4) is 0 Å². The molecule has 24 heavy (non-hydrogen) atoms. The van der Waals surface area contributed by atoms with Gasteiger partial charge in [-0.05, 0) is 29.8 Å². The Balaban J connectivity index is 1.84. The van der Waals surface area contributed by atoms with Gasteiger partial charge in [0.05, 0.1) is 18.2 Å². The van der Waals surface area contributed by atoms with Crippen molar-refractivity contribution in [3.05, 3.63) is 72.3 Å². The summed E-state index contributed by atoms with van der Waals surface area (Å²) in [6.07, 6.45) is 0.977. The maximum atomic E-state index is 12.8. The molecule has 124 valence electrons. The average molecular weight is 333 g/mol. The fourth-order valence-corrected chi connectivity index (χ4v) is 2.43. The first-order valence-corrected chi connectivity index (χ1v) is 7.22. The van der Waals surface area contributed by atoms with Crippen LogP contribution in [0.25, 0.3) is 11.4 Å². The predicted molar refractivity (Wildman–Crippen MR) is 81.9 cm³/mol. The molecule has 1 aromatic carbocycles. The molecule has 7 heteroatoms. The minimum atomic E-state index is -4.44. The Hall–Kier alpha value is -2.67. The van der Waals surface area contributed by atoms with Gasteiger partial charge >= 0.3 is 6.18 Å². The van der Waals surface area contributed by atoms with Gasteiger partial charge in [-0.25, -0.2) is 4.98 Å². The summed E-state index contributed by atoms with van der Waals surface area (Å²) in [6.45, 7) is 0.0962. The Kier molecular flexibility index (Phi) is 4.35. The second-order valence-corrected chi connectivity index (χ2v) is 5.28. The molecule has 0 fully saturated rings. The molecule has 0 aliphatic rings. The summed E-state index contributed by atoms with van der Waals surface area (Å²) < 4.78 is 40.1. The molecule has 1 atom stereocenters. The maximum absolute atomic E-state index is 12.8. The van der Waals surface area contributed by atoms with Crippen molar-refractivity contribution in [2.45, 2.75) is 18.8 Å². The van der Waals surface area contributed by atoms with Gasteiger partial charge in [0.25, 0.3) is 0 Å². The van der Waals surface area contributed by atoms with Crippen LogP contribution in [-0.2, 0) is 12.7 Å². The number of aliphatic hydroxyl groups is 1. The van der Waals surface area contributed by atoms with E-state index in [1.807, 2.05) is 0 Å². The molecule has 0 saturated heterocycles. The average Bonchev–Trinajstić information content (AvgIpc) is 3.03. The van der Waals surface area contributed by atoms with Gasteiger partial charge in [0.15, 0.2) is 0 Å². The SMILES string of the molecule is O[C@H](Cn1ccnc1-c1ccncc1)c1cccc(C(F)(F)F)c1. The third-order valence-electron chi connectivity index (χ3n) is 3.62. The first kappa shape index (κ1) is 16.2. The normalized spacial score (nSPS) is 13.0. The molecule has 3 aromatic rings. The third kappa shape index (κ3) is 3.46. The highest BCUT2D eigenvalue weighted by Crippen LogP contribution is 2.31. The topological polar surface area (TPSA) is 50.9 Å². The number of hydrogen-bond donors (Lipinski definition) is 1. The van der Waals surface area contributed by atoms with E-state index in [9.17, 15) is 18.3 Å². The van der Waals surface area contributed by atoms with Crippen molar-refractivity contribution in [2.75, 3.05) is 0 Å². The van der Waals surface area contributed by atoms with Crippen LogP contribution in [0.4, 0.5) is 13.2 Å². The molecule has 2 aromatic heterocycles. The van der Waals surface area contributed by atoms with Gasteiger partial charge in [0.2, 0.25) is 0 Å². The van der Waals surface area contributed by atoms with Gasteiger partial charge in [0.1, 0.15) is 5.82 Å². The minimum Gasteiger partial charge on any atom is -0.387 e. The summed E-state index contributed by atoms with van der Waals surface area (Å²) in [7, 11) is 0. The lowest BCUT2D eigenvalue weighted by atomic mass is 10.1. The second-order valence-electron chi connectivity index (χ2n) is 5.28. The molecule has 0 amide bonds. The van der Waals surface area contributed by atoms with Gasteiger partial charge in [-0.15, -0.1) is 0 Å². The van der Waals surface area contributed by atoms with Crippen molar-refractivity contribution in [3.8, 4) is 11.4 Å². The molecule has 0 aliphatic carbocycles. The highest BCUT2D eigenvalue weighted by molar-refractivity contribution is 5.54. The van der Waals surface area contributed by atoms with Crippen LogP contribution in [0, 0.1) is 0 Å². The van der Waals surface area contributed by atoms with Crippen LogP contribution >= 0.6 is 0 Å². The number of halogens is 3. The highest BCUT2D eigenvalue weighted by Gasteiger charge is 2.30. The Bertz CT molecular complexity index is 815.